The van der Waals surface area contributed by atoms with Crippen LogP contribution in [0.5, 0.6) is 0 Å². The quantitative estimate of drug-likeness (QED) is 0.683. The van der Waals surface area contributed by atoms with Crippen molar-refractivity contribution in [2.24, 2.45) is 0 Å². The van der Waals surface area contributed by atoms with Gasteiger partial charge in [-0.05, 0) is 44.5 Å². The van der Waals surface area contributed by atoms with Crippen LogP contribution in [0.2, 0.25) is 0 Å². The van der Waals surface area contributed by atoms with Crippen molar-refractivity contribution in [1.29, 1.82) is 0 Å². The van der Waals surface area contributed by atoms with Crippen LogP contribution in [-0.4, -0.2) is 46.6 Å². The number of nitrogens with zero attached hydrogens (tertiary/aromatic N) is 3. The number of carbonyl (C=O) groups is 1. The van der Waals surface area contributed by atoms with Crippen LogP contribution in [0.3, 0.4) is 0 Å². The van der Waals surface area contributed by atoms with Crippen molar-refractivity contribution in [3.05, 3.63) is 35.9 Å². The molecule has 26 heavy (non-hydrogen) atoms. The van der Waals surface area contributed by atoms with Gasteiger partial charge in [0.1, 0.15) is 11.9 Å². The number of hydrogen-bond donors (Lipinski definition) is 2. The average Bonchev–Trinajstić information content (AvgIpc) is 3.03. The molecule has 2 atom stereocenters. The van der Waals surface area contributed by atoms with Crippen LogP contribution in [0.25, 0.3) is 5.69 Å². The van der Waals surface area contributed by atoms with E-state index in [2.05, 4.69) is 22.4 Å². The van der Waals surface area contributed by atoms with Gasteiger partial charge >= 0.3 is 0 Å². The molecular weight excluding hydrogens is 353 g/mol. The molecule has 142 valence electrons. The Morgan fingerprint density at radius 1 is 1.27 bits per heavy atom. The number of thioether (sulfide) groups is 1. The zero-order valence-corrected chi connectivity index (χ0v) is 16.7. The molecule has 2 aromatic rings. The number of hydrogen-bond acceptors (Lipinski definition) is 4. The van der Waals surface area contributed by atoms with Crippen LogP contribution < -0.4 is 10.2 Å². The van der Waals surface area contributed by atoms with Gasteiger partial charge in [0.15, 0.2) is 11.0 Å². The molecule has 1 heterocycles. The van der Waals surface area contributed by atoms with Crippen LogP contribution >= 0.6 is 11.8 Å². The molecule has 2 rings (SSSR count). The standard InChI is InChI=1S/C18H26FN5OS/c1-6-12(2)20-16(25)11-26-18-22-21-17(13(3)23(4)5)24(18)15-9-7-14(19)8-10-15/h7-10,12-13H,6,11H2,1-5H3,(H,20,25)/p+1/t12-,13+/m0/s1. The summed E-state index contributed by atoms with van der Waals surface area (Å²) in [5.41, 5.74) is 0.782. The number of quaternary nitrogens is 1. The van der Waals surface area contributed by atoms with Crippen molar-refractivity contribution < 1.29 is 14.1 Å². The molecule has 1 aromatic heterocycles. The molecule has 0 aliphatic carbocycles. The van der Waals surface area contributed by atoms with E-state index in [1.165, 1.54) is 28.8 Å². The maximum absolute atomic E-state index is 13.3. The molecule has 0 aliphatic heterocycles. The summed E-state index contributed by atoms with van der Waals surface area (Å²) in [4.78, 5) is 13.3. The van der Waals surface area contributed by atoms with Gasteiger partial charge in [-0.25, -0.2) is 4.39 Å². The third-order valence-electron chi connectivity index (χ3n) is 4.35. The normalized spacial score (nSPS) is 13.7. The lowest BCUT2D eigenvalue weighted by Crippen LogP contribution is -3.05. The Kier molecular flexibility index (Phi) is 7.16. The van der Waals surface area contributed by atoms with Crippen molar-refractivity contribution in [1.82, 2.24) is 20.1 Å². The molecule has 0 fully saturated rings. The first kappa shape index (κ1) is 20.4. The lowest BCUT2D eigenvalue weighted by Gasteiger charge is -2.18. The van der Waals surface area contributed by atoms with Gasteiger partial charge in [-0.15, -0.1) is 10.2 Å². The Labute approximate surface area is 158 Å². The van der Waals surface area contributed by atoms with Gasteiger partial charge in [-0.2, -0.15) is 0 Å². The number of amides is 1. The molecule has 0 radical (unpaired) electrons. The van der Waals surface area contributed by atoms with E-state index in [4.69, 9.17) is 0 Å². The minimum absolute atomic E-state index is 0.0363. The first-order valence-electron chi connectivity index (χ1n) is 8.76. The summed E-state index contributed by atoms with van der Waals surface area (Å²) in [7, 11) is 4.08. The summed E-state index contributed by atoms with van der Waals surface area (Å²) < 4.78 is 15.2. The van der Waals surface area contributed by atoms with Gasteiger partial charge in [0, 0.05) is 11.7 Å². The molecule has 0 unspecified atom stereocenters. The lowest BCUT2D eigenvalue weighted by molar-refractivity contribution is -0.890. The number of halogens is 1. The van der Waals surface area contributed by atoms with Crippen LogP contribution in [0.4, 0.5) is 4.39 Å². The predicted octanol–water partition coefficient (Wildman–Crippen LogP) is 1.62. The largest absolute Gasteiger partial charge is 0.353 e. The number of aromatic nitrogens is 3. The smallest absolute Gasteiger partial charge is 0.230 e. The maximum atomic E-state index is 13.3. The molecule has 1 aromatic carbocycles. The second-order valence-electron chi connectivity index (χ2n) is 6.62. The lowest BCUT2D eigenvalue weighted by atomic mass is 10.2. The fourth-order valence-corrected chi connectivity index (χ4v) is 3.06. The highest BCUT2D eigenvalue weighted by atomic mass is 32.2. The van der Waals surface area contributed by atoms with Gasteiger partial charge in [0.2, 0.25) is 5.91 Å². The van der Waals surface area contributed by atoms with Crippen molar-refractivity contribution in [3.8, 4) is 5.69 Å². The SMILES string of the molecule is CC[C@H](C)NC(=O)CSc1nnc([C@@H](C)[NH+](C)C)n1-c1ccc(F)cc1. The molecule has 1 amide bonds. The Hall–Kier alpha value is -1.93. The van der Waals surface area contributed by atoms with Gasteiger partial charge in [0.05, 0.1) is 19.8 Å². The third kappa shape index (κ3) is 5.04. The molecule has 2 N–H and O–H groups in total. The van der Waals surface area contributed by atoms with Gasteiger partial charge < -0.3 is 10.2 Å². The van der Waals surface area contributed by atoms with Crippen LogP contribution in [0, 0.1) is 5.82 Å². The summed E-state index contributed by atoms with van der Waals surface area (Å²) in [5, 5.41) is 12.2. The first-order chi connectivity index (χ1) is 12.3. The zero-order valence-electron chi connectivity index (χ0n) is 15.9. The highest BCUT2D eigenvalue weighted by Crippen LogP contribution is 2.24. The van der Waals surface area contributed by atoms with Crippen LogP contribution in [0.15, 0.2) is 29.4 Å². The number of rotatable bonds is 8. The summed E-state index contributed by atoms with van der Waals surface area (Å²) in [6.45, 7) is 6.06. The van der Waals surface area contributed by atoms with Crippen molar-refractivity contribution in [3.63, 3.8) is 0 Å². The first-order valence-corrected chi connectivity index (χ1v) is 9.75. The van der Waals surface area contributed by atoms with Gasteiger partial charge in [0.25, 0.3) is 0 Å². The highest BCUT2D eigenvalue weighted by molar-refractivity contribution is 7.99. The molecular formula is C18H27FN5OS+. The summed E-state index contributed by atoms with van der Waals surface area (Å²) >= 11 is 1.33. The number of benzene rings is 1. The molecule has 0 spiro atoms. The summed E-state index contributed by atoms with van der Waals surface area (Å²) in [6, 6.07) is 6.46. The topological polar surface area (TPSA) is 64.2 Å². The second kappa shape index (κ2) is 9.14. The number of carbonyl (C=O) groups excluding carboxylic acids is 1. The van der Waals surface area contributed by atoms with E-state index in [1.54, 1.807) is 12.1 Å². The predicted molar refractivity (Wildman–Crippen MR) is 101 cm³/mol. The van der Waals surface area contributed by atoms with Gasteiger partial charge in [-0.1, -0.05) is 18.7 Å². The Morgan fingerprint density at radius 3 is 2.50 bits per heavy atom. The third-order valence-corrected chi connectivity index (χ3v) is 5.28. The van der Waals surface area contributed by atoms with Crippen LogP contribution in [-0.2, 0) is 4.79 Å². The highest BCUT2D eigenvalue weighted by Gasteiger charge is 2.24. The van der Waals surface area contributed by atoms with Crippen molar-refractivity contribution in [2.75, 3.05) is 19.8 Å². The van der Waals surface area contributed by atoms with Crippen molar-refractivity contribution in [2.45, 2.75) is 44.4 Å². The van der Waals surface area contributed by atoms with E-state index in [-0.39, 0.29) is 29.6 Å². The maximum Gasteiger partial charge on any atom is 0.230 e. The minimum Gasteiger partial charge on any atom is -0.353 e. The zero-order chi connectivity index (χ0) is 19.3. The minimum atomic E-state index is -0.295. The van der Waals surface area contributed by atoms with E-state index < -0.39 is 0 Å². The Balaban J connectivity index is 2.28. The van der Waals surface area contributed by atoms with E-state index in [9.17, 15) is 9.18 Å². The van der Waals surface area contributed by atoms with E-state index in [0.29, 0.717) is 5.16 Å². The molecule has 0 saturated heterocycles. The molecule has 0 saturated carbocycles. The second-order valence-corrected chi connectivity index (χ2v) is 7.56. The van der Waals surface area contributed by atoms with E-state index in [1.807, 2.05) is 32.5 Å². The Bertz CT molecular complexity index is 732. The molecule has 0 bridgehead atoms. The summed E-state index contributed by atoms with van der Waals surface area (Å²) in [6.07, 6.45) is 0.884. The van der Waals surface area contributed by atoms with E-state index in [0.717, 1.165) is 17.9 Å². The molecule has 0 aliphatic rings. The number of nitrogens with one attached hydrogen (secondary N) is 2. The van der Waals surface area contributed by atoms with Crippen LogP contribution in [0.1, 0.15) is 39.1 Å². The van der Waals surface area contributed by atoms with Gasteiger partial charge in [-0.3, -0.25) is 9.36 Å². The fraction of sp³-hybridized carbons (Fsp3) is 0.500. The average molecular weight is 381 g/mol. The molecule has 6 nitrogen and oxygen atoms in total. The monoisotopic (exact) mass is 380 g/mol. The Morgan fingerprint density at radius 2 is 1.92 bits per heavy atom. The van der Waals surface area contributed by atoms with E-state index >= 15 is 0 Å². The molecule has 8 heteroatoms. The fourth-order valence-electron chi connectivity index (χ4n) is 2.29. The van der Waals surface area contributed by atoms with Crippen molar-refractivity contribution >= 4 is 17.7 Å². The summed E-state index contributed by atoms with van der Waals surface area (Å²) in [5.74, 6) is 0.705.